The normalized spacial score (nSPS) is 25.2. The molecular weight excluding hydrogens is 216 g/mol. The van der Waals surface area contributed by atoms with Crippen molar-refractivity contribution in [1.82, 2.24) is 4.90 Å². The van der Waals surface area contributed by atoms with Crippen LogP contribution in [0.25, 0.3) is 4.85 Å². The first-order chi connectivity index (χ1) is 7.83. The van der Waals surface area contributed by atoms with Gasteiger partial charge in [-0.1, -0.05) is 6.92 Å². The highest BCUT2D eigenvalue weighted by molar-refractivity contribution is 5.68. The maximum Gasteiger partial charge on any atom is 0.410 e. The molecule has 2 unspecified atom stereocenters. The SMILES string of the molecule is [C-]#[N+]CC1CCN(C(=O)OC(C)(C)C)CC1C. The highest BCUT2D eigenvalue weighted by Gasteiger charge is 2.32. The topological polar surface area (TPSA) is 33.9 Å². The number of hydrogen-bond acceptors (Lipinski definition) is 2. The van der Waals surface area contributed by atoms with Crippen LogP contribution in [0.5, 0.6) is 0 Å². The molecular formula is C13H22N2O2. The minimum Gasteiger partial charge on any atom is -0.444 e. The third-order valence-electron chi connectivity index (χ3n) is 3.06. The van der Waals surface area contributed by atoms with Crippen LogP contribution < -0.4 is 0 Å². The summed E-state index contributed by atoms with van der Waals surface area (Å²) in [6.07, 6.45) is 0.675. The second kappa shape index (κ2) is 5.39. The minimum atomic E-state index is -0.437. The first-order valence-corrected chi connectivity index (χ1v) is 6.14. The Morgan fingerprint density at radius 3 is 2.65 bits per heavy atom. The van der Waals surface area contributed by atoms with Crippen molar-refractivity contribution >= 4 is 6.09 Å². The molecule has 2 atom stereocenters. The number of hydrogen-bond donors (Lipinski definition) is 0. The molecule has 0 spiro atoms. The molecule has 0 bridgehead atoms. The number of carbonyl (C=O) groups excluding carboxylic acids is 1. The number of piperidine rings is 1. The van der Waals surface area contributed by atoms with Crippen molar-refractivity contribution in [3.8, 4) is 0 Å². The van der Waals surface area contributed by atoms with Gasteiger partial charge in [0.05, 0.1) is 0 Å². The Bertz CT molecular complexity index is 314. The van der Waals surface area contributed by atoms with Gasteiger partial charge in [0.25, 0.3) is 0 Å². The van der Waals surface area contributed by atoms with E-state index in [9.17, 15) is 4.79 Å². The van der Waals surface area contributed by atoms with Crippen LogP contribution in [0.2, 0.25) is 0 Å². The molecule has 4 nitrogen and oxygen atoms in total. The monoisotopic (exact) mass is 238 g/mol. The maximum absolute atomic E-state index is 11.9. The summed E-state index contributed by atoms with van der Waals surface area (Å²) in [6.45, 7) is 16.6. The van der Waals surface area contributed by atoms with Crippen LogP contribution in [0.1, 0.15) is 34.1 Å². The lowest BCUT2D eigenvalue weighted by Crippen LogP contribution is -2.45. The van der Waals surface area contributed by atoms with Crippen LogP contribution in [0, 0.1) is 18.4 Å². The van der Waals surface area contributed by atoms with Crippen molar-refractivity contribution in [2.24, 2.45) is 11.8 Å². The van der Waals surface area contributed by atoms with E-state index in [1.807, 2.05) is 20.8 Å². The van der Waals surface area contributed by atoms with Gasteiger partial charge in [0, 0.05) is 19.0 Å². The smallest absolute Gasteiger partial charge is 0.410 e. The zero-order chi connectivity index (χ0) is 13.1. The second-order valence-corrected chi connectivity index (χ2v) is 5.79. The van der Waals surface area contributed by atoms with Crippen molar-refractivity contribution in [2.45, 2.75) is 39.7 Å². The van der Waals surface area contributed by atoms with Gasteiger partial charge in [0.2, 0.25) is 6.54 Å². The Morgan fingerprint density at radius 1 is 1.53 bits per heavy atom. The quantitative estimate of drug-likeness (QED) is 0.658. The van der Waals surface area contributed by atoms with Crippen LogP contribution in [-0.2, 0) is 4.74 Å². The lowest BCUT2D eigenvalue weighted by molar-refractivity contribution is 0.0126. The van der Waals surface area contributed by atoms with Crippen LogP contribution in [0.15, 0.2) is 0 Å². The summed E-state index contributed by atoms with van der Waals surface area (Å²) in [7, 11) is 0. The highest BCUT2D eigenvalue weighted by atomic mass is 16.6. The molecule has 1 fully saturated rings. The van der Waals surface area contributed by atoms with Gasteiger partial charge in [-0.05, 0) is 33.1 Å². The molecule has 0 saturated carbocycles. The molecule has 0 N–H and O–H groups in total. The molecule has 1 saturated heterocycles. The Hall–Kier alpha value is -1.24. The number of ether oxygens (including phenoxy) is 1. The van der Waals surface area contributed by atoms with Crippen molar-refractivity contribution in [3.05, 3.63) is 11.4 Å². The molecule has 0 aromatic carbocycles. The average molecular weight is 238 g/mol. The number of nitrogens with zero attached hydrogens (tertiary/aromatic N) is 2. The summed E-state index contributed by atoms with van der Waals surface area (Å²) in [5, 5.41) is 0. The molecule has 1 aliphatic heterocycles. The van der Waals surface area contributed by atoms with Gasteiger partial charge in [-0.3, -0.25) is 0 Å². The van der Waals surface area contributed by atoms with Gasteiger partial charge in [-0.25, -0.2) is 11.4 Å². The fourth-order valence-corrected chi connectivity index (χ4v) is 2.07. The van der Waals surface area contributed by atoms with Crippen molar-refractivity contribution in [2.75, 3.05) is 19.6 Å². The first-order valence-electron chi connectivity index (χ1n) is 6.14. The number of carbonyl (C=O) groups is 1. The van der Waals surface area contributed by atoms with Crippen molar-refractivity contribution in [3.63, 3.8) is 0 Å². The van der Waals surface area contributed by atoms with E-state index in [4.69, 9.17) is 11.3 Å². The standard InChI is InChI=1S/C13H22N2O2/c1-10-9-15(7-6-11(10)8-14-5)12(16)17-13(2,3)4/h10-11H,6-9H2,1-4H3. The second-order valence-electron chi connectivity index (χ2n) is 5.79. The van der Waals surface area contributed by atoms with Crippen LogP contribution >= 0.6 is 0 Å². The minimum absolute atomic E-state index is 0.231. The Kier molecular flexibility index (Phi) is 4.39. The molecule has 96 valence electrons. The summed E-state index contributed by atoms with van der Waals surface area (Å²) in [5.41, 5.74) is -0.437. The van der Waals surface area contributed by atoms with Crippen molar-refractivity contribution in [1.29, 1.82) is 0 Å². The zero-order valence-electron chi connectivity index (χ0n) is 11.2. The lowest BCUT2D eigenvalue weighted by atomic mass is 9.87. The molecule has 4 heteroatoms. The Balaban J connectivity index is 2.50. The molecule has 0 radical (unpaired) electrons. The zero-order valence-corrected chi connectivity index (χ0v) is 11.2. The fourth-order valence-electron chi connectivity index (χ4n) is 2.07. The third kappa shape index (κ3) is 4.26. The third-order valence-corrected chi connectivity index (χ3v) is 3.06. The lowest BCUT2D eigenvalue weighted by Gasteiger charge is -2.35. The molecule has 17 heavy (non-hydrogen) atoms. The first kappa shape index (κ1) is 13.8. The van der Waals surface area contributed by atoms with Gasteiger partial charge in [-0.15, -0.1) is 0 Å². The van der Waals surface area contributed by atoms with E-state index in [0.29, 0.717) is 31.5 Å². The molecule has 1 rings (SSSR count). The molecule has 0 aromatic heterocycles. The molecule has 1 amide bonds. The van der Waals surface area contributed by atoms with E-state index in [0.717, 1.165) is 6.42 Å². The molecule has 1 aliphatic rings. The average Bonchev–Trinajstić information content (AvgIpc) is 2.18. The van der Waals surface area contributed by atoms with Crippen LogP contribution in [-0.4, -0.2) is 36.2 Å². The van der Waals surface area contributed by atoms with Gasteiger partial charge in [0.1, 0.15) is 5.60 Å². The van der Waals surface area contributed by atoms with E-state index in [1.54, 1.807) is 4.90 Å². The summed E-state index contributed by atoms with van der Waals surface area (Å²) in [5.74, 6) is 0.802. The van der Waals surface area contributed by atoms with Gasteiger partial charge >= 0.3 is 6.09 Å². The molecule has 0 aliphatic carbocycles. The maximum atomic E-state index is 11.9. The summed E-state index contributed by atoms with van der Waals surface area (Å²) in [6, 6.07) is 0. The van der Waals surface area contributed by atoms with E-state index in [-0.39, 0.29) is 6.09 Å². The largest absolute Gasteiger partial charge is 0.444 e. The summed E-state index contributed by atoms with van der Waals surface area (Å²) in [4.78, 5) is 17.1. The van der Waals surface area contributed by atoms with E-state index < -0.39 is 5.60 Å². The Morgan fingerprint density at radius 2 is 2.18 bits per heavy atom. The van der Waals surface area contributed by atoms with E-state index in [2.05, 4.69) is 11.8 Å². The Labute approximate surface area is 104 Å². The van der Waals surface area contributed by atoms with Crippen LogP contribution in [0.3, 0.4) is 0 Å². The van der Waals surface area contributed by atoms with Gasteiger partial charge in [-0.2, -0.15) is 0 Å². The summed E-state index contributed by atoms with van der Waals surface area (Å²) < 4.78 is 5.35. The van der Waals surface area contributed by atoms with Gasteiger partial charge < -0.3 is 14.5 Å². The highest BCUT2D eigenvalue weighted by Crippen LogP contribution is 2.24. The molecule has 1 heterocycles. The fraction of sp³-hybridized carbons (Fsp3) is 0.846. The number of likely N-dealkylation sites (tertiary alicyclic amines) is 1. The summed E-state index contributed by atoms with van der Waals surface area (Å²) >= 11 is 0. The number of amides is 1. The predicted octanol–water partition coefficient (Wildman–Crippen LogP) is 2.80. The van der Waals surface area contributed by atoms with Crippen molar-refractivity contribution < 1.29 is 9.53 Å². The number of rotatable bonds is 1. The predicted molar refractivity (Wildman–Crippen MR) is 66.5 cm³/mol. The van der Waals surface area contributed by atoms with E-state index in [1.165, 1.54) is 0 Å². The van der Waals surface area contributed by atoms with Gasteiger partial charge in [0.15, 0.2) is 0 Å². The van der Waals surface area contributed by atoms with Crippen LogP contribution in [0.4, 0.5) is 4.79 Å². The molecule has 0 aromatic rings. The van der Waals surface area contributed by atoms with E-state index >= 15 is 0 Å².